The number of hydrogen-bond donors (Lipinski definition) is 2. The lowest BCUT2D eigenvalue weighted by Gasteiger charge is -2.08. The molecule has 0 saturated heterocycles. The first kappa shape index (κ1) is 19.2. The largest absolute Gasteiger partial charge is 0.475 e. The van der Waals surface area contributed by atoms with Gasteiger partial charge in [-0.05, 0) is 17.7 Å². The van der Waals surface area contributed by atoms with Crippen molar-refractivity contribution in [2.45, 2.75) is 16.9 Å². The molecule has 0 bridgehead atoms. The zero-order valence-electron chi connectivity index (χ0n) is 13.3. The van der Waals surface area contributed by atoms with Crippen molar-refractivity contribution in [3.63, 3.8) is 0 Å². The molecule has 0 saturated carbocycles. The molecule has 0 fully saturated rings. The average Bonchev–Trinajstić information content (AvgIpc) is 2.97. The summed E-state index contributed by atoms with van der Waals surface area (Å²) in [5, 5.41) is 2.69. The van der Waals surface area contributed by atoms with E-state index in [0.29, 0.717) is 10.3 Å². The van der Waals surface area contributed by atoms with E-state index in [1.807, 2.05) is 0 Å². The normalized spacial score (nSPS) is 12.9. The van der Waals surface area contributed by atoms with Crippen LogP contribution in [-0.4, -0.2) is 20.6 Å². The Hall–Kier alpha value is -2.53. The van der Waals surface area contributed by atoms with Crippen LogP contribution in [0.25, 0.3) is 10.1 Å². The van der Waals surface area contributed by atoms with Crippen LogP contribution in [0, 0.1) is 5.82 Å². The minimum atomic E-state index is -4.83. The summed E-state index contributed by atoms with van der Waals surface area (Å²) in [4.78, 5) is 15.7. The molecule has 5 nitrogen and oxygen atoms in total. The summed E-state index contributed by atoms with van der Waals surface area (Å²) in [5.74, 6) is -1.18. The van der Waals surface area contributed by atoms with Gasteiger partial charge < -0.3 is 11.1 Å². The van der Waals surface area contributed by atoms with Crippen LogP contribution in [0.2, 0.25) is 0 Å². The summed E-state index contributed by atoms with van der Waals surface area (Å²) in [6.07, 6.45) is 2.40. The monoisotopic (exact) mass is 417 g/mol. The first-order valence-electron chi connectivity index (χ1n) is 7.35. The lowest BCUT2D eigenvalue weighted by Crippen LogP contribution is -2.22. The number of anilines is 1. The highest BCUT2D eigenvalue weighted by Crippen LogP contribution is 2.34. The number of carbonyl (C=O) groups excluding carboxylic acids is 1. The second-order valence-corrected chi connectivity index (χ2v) is 7.90. The van der Waals surface area contributed by atoms with Crippen LogP contribution in [0.4, 0.5) is 23.2 Å². The van der Waals surface area contributed by atoms with Crippen molar-refractivity contribution in [2.24, 2.45) is 0 Å². The number of fused-ring (bicyclic) bond motifs is 1. The van der Waals surface area contributed by atoms with Gasteiger partial charge in [0.15, 0.2) is 16.6 Å². The number of nitrogens with two attached hydrogens (primary N) is 1. The van der Waals surface area contributed by atoms with E-state index in [1.54, 1.807) is 0 Å². The van der Waals surface area contributed by atoms with Crippen LogP contribution < -0.4 is 11.1 Å². The minimum Gasteiger partial charge on any atom is -0.397 e. The third kappa shape index (κ3) is 3.93. The van der Waals surface area contributed by atoms with Gasteiger partial charge in [0.1, 0.15) is 4.88 Å². The van der Waals surface area contributed by atoms with Gasteiger partial charge in [0.25, 0.3) is 5.91 Å². The number of alkyl halides is 3. The molecule has 2 aromatic heterocycles. The molecule has 3 aromatic rings. The van der Waals surface area contributed by atoms with Gasteiger partial charge in [0, 0.05) is 17.6 Å². The number of rotatable bonds is 4. The van der Waals surface area contributed by atoms with Crippen molar-refractivity contribution in [3.8, 4) is 0 Å². The third-order valence-electron chi connectivity index (χ3n) is 3.60. The summed E-state index contributed by atoms with van der Waals surface area (Å²) in [6, 6.07) is 4.83. The predicted molar refractivity (Wildman–Crippen MR) is 94.1 cm³/mol. The maximum atomic E-state index is 13.8. The Bertz CT molecular complexity index is 1030. The van der Waals surface area contributed by atoms with E-state index in [4.69, 9.17) is 5.73 Å². The fraction of sp³-hybridized carbons (Fsp3) is 0.125. The van der Waals surface area contributed by atoms with Crippen LogP contribution in [0.1, 0.15) is 15.2 Å². The number of hydrogen-bond acceptors (Lipinski definition) is 5. The number of amides is 1. The van der Waals surface area contributed by atoms with E-state index in [2.05, 4.69) is 10.3 Å². The summed E-state index contributed by atoms with van der Waals surface area (Å²) in [7, 11) is -3.11. The SMILES string of the molecule is Nc1c(C(=O)NCc2ccc(S(=O)C(F)(F)F)cc2)sc2cncc(F)c12. The standard InChI is InChI=1S/C16H11F4N3O2S2/c17-10-6-22-7-11-12(10)13(21)14(26-11)15(24)23-5-8-1-3-9(4-2-8)27(25)16(18,19)20/h1-4,6-7H,5,21H2,(H,23,24). The Kier molecular flexibility index (Phi) is 5.16. The number of pyridine rings is 1. The van der Waals surface area contributed by atoms with Crippen LogP contribution in [0.3, 0.4) is 0 Å². The molecule has 2 heterocycles. The smallest absolute Gasteiger partial charge is 0.397 e. The molecule has 0 spiro atoms. The van der Waals surface area contributed by atoms with Crippen LogP contribution in [0.5, 0.6) is 0 Å². The molecule has 3 N–H and O–H groups in total. The predicted octanol–water partition coefficient (Wildman–Crippen LogP) is 3.58. The van der Waals surface area contributed by atoms with Crippen LogP contribution in [-0.2, 0) is 17.3 Å². The van der Waals surface area contributed by atoms with Crippen LogP contribution in [0.15, 0.2) is 41.6 Å². The number of thiophene rings is 1. The molecule has 0 aliphatic carbocycles. The Labute approximate surface area is 156 Å². The van der Waals surface area contributed by atoms with Crippen molar-refractivity contribution in [3.05, 3.63) is 52.9 Å². The molecule has 3 rings (SSSR count). The molecule has 0 aliphatic rings. The van der Waals surface area contributed by atoms with Gasteiger partial charge >= 0.3 is 5.51 Å². The molecule has 0 aliphatic heterocycles. The Morgan fingerprint density at radius 2 is 1.89 bits per heavy atom. The van der Waals surface area contributed by atoms with Gasteiger partial charge in [-0.1, -0.05) is 12.1 Å². The van der Waals surface area contributed by atoms with Crippen molar-refractivity contribution < 1.29 is 26.6 Å². The van der Waals surface area contributed by atoms with Gasteiger partial charge in [-0.25, -0.2) is 8.60 Å². The highest BCUT2D eigenvalue weighted by atomic mass is 32.2. The number of aromatic nitrogens is 1. The van der Waals surface area contributed by atoms with Crippen molar-refractivity contribution in [2.75, 3.05) is 5.73 Å². The number of nitrogens with one attached hydrogen (secondary N) is 1. The van der Waals surface area contributed by atoms with Gasteiger partial charge in [0.2, 0.25) is 0 Å². The second-order valence-electron chi connectivity index (χ2n) is 5.38. The molecule has 27 heavy (non-hydrogen) atoms. The Balaban J connectivity index is 1.72. The van der Waals surface area contributed by atoms with E-state index in [9.17, 15) is 26.6 Å². The van der Waals surface area contributed by atoms with Gasteiger partial charge in [-0.3, -0.25) is 9.78 Å². The molecule has 1 atom stereocenters. The van der Waals surface area contributed by atoms with Gasteiger partial charge in [-0.15, -0.1) is 11.3 Å². The van der Waals surface area contributed by atoms with E-state index in [1.165, 1.54) is 18.3 Å². The van der Waals surface area contributed by atoms with E-state index < -0.39 is 28.0 Å². The molecule has 1 amide bonds. The highest BCUT2D eigenvalue weighted by Gasteiger charge is 2.37. The Morgan fingerprint density at radius 3 is 2.48 bits per heavy atom. The molecule has 142 valence electrons. The zero-order valence-corrected chi connectivity index (χ0v) is 15.0. The van der Waals surface area contributed by atoms with E-state index in [0.717, 1.165) is 29.7 Å². The molecule has 11 heteroatoms. The molecule has 0 radical (unpaired) electrons. The fourth-order valence-electron chi connectivity index (χ4n) is 2.33. The molecule has 1 unspecified atom stereocenters. The summed E-state index contributed by atoms with van der Waals surface area (Å²) in [5.41, 5.74) is 1.51. The highest BCUT2D eigenvalue weighted by molar-refractivity contribution is 7.86. The average molecular weight is 417 g/mol. The number of carbonyl (C=O) groups is 1. The summed E-state index contributed by atoms with van der Waals surface area (Å²) >= 11 is 0.986. The fourth-order valence-corrected chi connectivity index (χ4v) is 4.00. The van der Waals surface area contributed by atoms with Crippen LogP contribution >= 0.6 is 11.3 Å². The summed E-state index contributed by atoms with van der Waals surface area (Å²) < 4.78 is 62.8. The quantitative estimate of drug-likeness (QED) is 0.636. The topological polar surface area (TPSA) is 85.1 Å². The van der Waals surface area contributed by atoms with Gasteiger partial charge in [-0.2, -0.15) is 13.2 Å². The van der Waals surface area contributed by atoms with Gasteiger partial charge in [0.05, 0.1) is 22.0 Å². The molecular weight excluding hydrogens is 406 g/mol. The number of nitrogens with zero attached hydrogens (tertiary/aromatic N) is 1. The second kappa shape index (κ2) is 7.24. The maximum Gasteiger partial charge on any atom is 0.475 e. The number of nitrogen functional groups attached to an aromatic ring is 1. The van der Waals surface area contributed by atoms with Crippen molar-refractivity contribution in [1.82, 2.24) is 10.3 Å². The number of halogens is 4. The zero-order chi connectivity index (χ0) is 19.8. The first-order valence-corrected chi connectivity index (χ1v) is 9.32. The Morgan fingerprint density at radius 1 is 1.22 bits per heavy atom. The molecular formula is C16H11F4N3O2S2. The third-order valence-corrected chi connectivity index (χ3v) is 5.86. The molecule has 1 aromatic carbocycles. The van der Waals surface area contributed by atoms with E-state index in [-0.39, 0.29) is 27.4 Å². The number of benzene rings is 1. The van der Waals surface area contributed by atoms with Crippen molar-refractivity contribution >= 4 is 43.8 Å². The summed E-state index contributed by atoms with van der Waals surface area (Å²) in [6.45, 7) is 0.00613. The van der Waals surface area contributed by atoms with E-state index >= 15 is 0 Å². The van der Waals surface area contributed by atoms with Crippen molar-refractivity contribution in [1.29, 1.82) is 0 Å². The maximum absolute atomic E-state index is 13.8. The minimum absolute atomic E-state index is 0.00308. The lowest BCUT2D eigenvalue weighted by atomic mass is 10.2. The lowest BCUT2D eigenvalue weighted by molar-refractivity contribution is -0.0384. The first-order chi connectivity index (χ1) is 12.7.